The Hall–Kier alpha value is -1.52. The Kier molecular flexibility index (Phi) is 3.66. The van der Waals surface area contributed by atoms with E-state index < -0.39 is 0 Å². The molecule has 1 aromatic heterocycles. The first-order valence-corrected chi connectivity index (χ1v) is 6.13. The van der Waals surface area contributed by atoms with Crippen LogP contribution in [0.3, 0.4) is 0 Å². The summed E-state index contributed by atoms with van der Waals surface area (Å²) in [5.74, 6) is 0. The highest BCUT2D eigenvalue weighted by molar-refractivity contribution is 5.67. The molecular weight excluding hydrogens is 218 g/mol. The number of rotatable bonds is 2. The number of carbonyl (C=O) groups excluding carboxylic acids is 1. The predicted molar refractivity (Wildman–Crippen MR) is 63.8 cm³/mol. The van der Waals surface area contributed by atoms with Gasteiger partial charge in [-0.3, -0.25) is 4.68 Å². The van der Waals surface area contributed by atoms with E-state index in [2.05, 4.69) is 5.10 Å². The number of hydrogen-bond donors (Lipinski definition) is 0. The maximum atomic E-state index is 11.7. The van der Waals surface area contributed by atoms with Gasteiger partial charge in [-0.15, -0.1) is 0 Å². The van der Waals surface area contributed by atoms with Crippen LogP contribution in [0.1, 0.15) is 31.4 Å². The second-order valence-electron chi connectivity index (χ2n) is 4.44. The van der Waals surface area contributed by atoms with E-state index in [0.29, 0.717) is 13.2 Å². The zero-order valence-corrected chi connectivity index (χ0v) is 10.4. The van der Waals surface area contributed by atoms with E-state index in [-0.39, 0.29) is 12.1 Å². The molecule has 1 unspecified atom stereocenters. The molecule has 1 aliphatic heterocycles. The summed E-state index contributed by atoms with van der Waals surface area (Å²) in [5, 5.41) is 4.32. The van der Waals surface area contributed by atoms with Crippen LogP contribution >= 0.6 is 0 Å². The van der Waals surface area contributed by atoms with Crippen molar-refractivity contribution in [2.45, 2.75) is 32.7 Å². The number of nitrogens with zero attached hydrogens (tertiary/aromatic N) is 3. The highest BCUT2D eigenvalue weighted by atomic mass is 16.6. The van der Waals surface area contributed by atoms with Crippen LogP contribution in [-0.2, 0) is 4.74 Å². The molecule has 1 saturated heterocycles. The lowest BCUT2D eigenvalue weighted by Crippen LogP contribution is -2.41. The topological polar surface area (TPSA) is 47.4 Å². The van der Waals surface area contributed by atoms with Gasteiger partial charge in [-0.25, -0.2) is 4.79 Å². The van der Waals surface area contributed by atoms with Gasteiger partial charge in [0.05, 0.1) is 18.8 Å². The minimum Gasteiger partial charge on any atom is -0.450 e. The Labute approximate surface area is 101 Å². The second kappa shape index (κ2) is 5.21. The van der Waals surface area contributed by atoms with Crippen molar-refractivity contribution >= 4 is 6.09 Å². The molecule has 1 fully saturated rings. The smallest absolute Gasteiger partial charge is 0.409 e. The molecule has 0 saturated carbocycles. The highest BCUT2D eigenvalue weighted by Gasteiger charge is 2.25. The quantitative estimate of drug-likeness (QED) is 0.790. The van der Waals surface area contributed by atoms with Gasteiger partial charge in [0.2, 0.25) is 0 Å². The zero-order valence-electron chi connectivity index (χ0n) is 10.4. The lowest BCUT2D eigenvalue weighted by molar-refractivity contribution is 0.0880. The molecule has 0 radical (unpaired) electrons. The van der Waals surface area contributed by atoms with Gasteiger partial charge in [0, 0.05) is 19.3 Å². The maximum Gasteiger partial charge on any atom is 0.409 e. The molecule has 1 amide bonds. The minimum absolute atomic E-state index is 0.207. The highest BCUT2D eigenvalue weighted by Crippen LogP contribution is 2.21. The van der Waals surface area contributed by atoms with E-state index in [1.807, 2.05) is 30.9 Å². The van der Waals surface area contributed by atoms with Gasteiger partial charge in [0.15, 0.2) is 0 Å². The number of aromatic nitrogens is 2. The Morgan fingerprint density at radius 1 is 1.65 bits per heavy atom. The fourth-order valence-electron chi connectivity index (χ4n) is 2.18. The third-order valence-electron chi connectivity index (χ3n) is 3.03. The number of ether oxygens (including phenoxy) is 1. The number of amides is 1. The summed E-state index contributed by atoms with van der Waals surface area (Å²) in [7, 11) is 0. The fourth-order valence-corrected chi connectivity index (χ4v) is 2.18. The molecule has 94 valence electrons. The summed E-state index contributed by atoms with van der Waals surface area (Å²) < 4.78 is 6.99. The molecule has 1 aliphatic rings. The third kappa shape index (κ3) is 2.78. The van der Waals surface area contributed by atoms with E-state index >= 15 is 0 Å². The minimum atomic E-state index is -0.207. The van der Waals surface area contributed by atoms with Crippen LogP contribution < -0.4 is 0 Å². The Morgan fingerprint density at radius 2 is 2.47 bits per heavy atom. The Morgan fingerprint density at radius 3 is 3.12 bits per heavy atom. The molecule has 2 heterocycles. The maximum absolute atomic E-state index is 11.7. The van der Waals surface area contributed by atoms with Crippen molar-refractivity contribution in [3.05, 3.63) is 18.0 Å². The molecule has 5 heteroatoms. The third-order valence-corrected chi connectivity index (χ3v) is 3.03. The number of hydrogen-bond acceptors (Lipinski definition) is 3. The van der Waals surface area contributed by atoms with Crippen molar-refractivity contribution in [3.8, 4) is 0 Å². The van der Waals surface area contributed by atoms with E-state index in [4.69, 9.17) is 4.74 Å². The molecule has 1 atom stereocenters. The van der Waals surface area contributed by atoms with E-state index in [1.165, 1.54) is 0 Å². The molecule has 0 bridgehead atoms. The summed E-state index contributed by atoms with van der Waals surface area (Å²) >= 11 is 0. The van der Waals surface area contributed by atoms with E-state index in [1.54, 1.807) is 4.90 Å². The molecule has 0 spiro atoms. The summed E-state index contributed by atoms with van der Waals surface area (Å²) in [6, 6.07) is 0.279. The molecule has 17 heavy (non-hydrogen) atoms. The fraction of sp³-hybridized carbons (Fsp3) is 0.667. The average molecular weight is 237 g/mol. The summed E-state index contributed by atoms with van der Waals surface area (Å²) in [6.07, 6.45) is 5.74. The lowest BCUT2D eigenvalue weighted by atomic mass is 10.1. The van der Waals surface area contributed by atoms with Crippen LogP contribution in [0, 0.1) is 6.92 Å². The lowest BCUT2D eigenvalue weighted by Gasteiger charge is -2.32. The van der Waals surface area contributed by atoms with Crippen molar-refractivity contribution in [1.82, 2.24) is 14.7 Å². The number of aryl methyl sites for hydroxylation is 1. The molecular formula is C12H19N3O2. The van der Waals surface area contributed by atoms with Gasteiger partial charge in [-0.05, 0) is 32.3 Å². The van der Waals surface area contributed by atoms with Crippen molar-refractivity contribution in [2.75, 3.05) is 19.7 Å². The van der Waals surface area contributed by atoms with E-state index in [0.717, 1.165) is 24.9 Å². The molecule has 0 N–H and O–H groups in total. The van der Waals surface area contributed by atoms with Crippen LogP contribution in [0.4, 0.5) is 4.79 Å². The van der Waals surface area contributed by atoms with Gasteiger partial charge in [-0.1, -0.05) is 0 Å². The van der Waals surface area contributed by atoms with Crippen molar-refractivity contribution in [3.63, 3.8) is 0 Å². The van der Waals surface area contributed by atoms with Crippen LogP contribution in [0.15, 0.2) is 12.4 Å². The number of piperidine rings is 1. The summed E-state index contributed by atoms with van der Waals surface area (Å²) in [4.78, 5) is 13.4. The molecule has 5 nitrogen and oxygen atoms in total. The van der Waals surface area contributed by atoms with Gasteiger partial charge in [0.25, 0.3) is 0 Å². The molecule has 2 rings (SSSR count). The van der Waals surface area contributed by atoms with Crippen molar-refractivity contribution in [1.29, 1.82) is 0 Å². The predicted octanol–water partition coefficient (Wildman–Crippen LogP) is 1.98. The van der Waals surface area contributed by atoms with Gasteiger partial charge >= 0.3 is 6.09 Å². The number of carbonyl (C=O) groups is 1. The molecule has 0 aromatic carbocycles. The van der Waals surface area contributed by atoms with Crippen molar-refractivity contribution < 1.29 is 9.53 Å². The van der Waals surface area contributed by atoms with Crippen LogP contribution in [-0.4, -0.2) is 40.5 Å². The zero-order chi connectivity index (χ0) is 12.3. The first-order chi connectivity index (χ1) is 8.20. The Bertz CT molecular complexity index is 389. The second-order valence-corrected chi connectivity index (χ2v) is 4.44. The Balaban J connectivity index is 1.99. The molecule has 1 aromatic rings. The van der Waals surface area contributed by atoms with Gasteiger partial charge in [0.1, 0.15) is 0 Å². The first-order valence-electron chi connectivity index (χ1n) is 6.13. The van der Waals surface area contributed by atoms with Gasteiger partial charge < -0.3 is 9.64 Å². The van der Waals surface area contributed by atoms with Crippen molar-refractivity contribution in [2.24, 2.45) is 0 Å². The average Bonchev–Trinajstić information content (AvgIpc) is 2.76. The monoisotopic (exact) mass is 237 g/mol. The number of likely N-dealkylation sites (tertiary alicyclic amines) is 1. The largest absolute Gasteiger partial charge is 0.450 e. The SMILES string of the molecule is CCOC(=O)N1CCCC(n2cc(C)cn2)C1. The summed E-state index contributed by atoms with van der Waals surface area (Å²) in [6.45, 7) is 5.77. The summed E-state index contributed by atoms with van der Waals surface area (Å²) in [5.41, 5.74) is 1.15. The van der Waals surface area contributed by atoms with Crippen LogP contribution in [0.2, 0.25) is 0 Å². The van der Waals surface area contributed by atoms with Crippen LogP contribution in [0.25, 0.3) is 0 Å². The van der Waals surface area contributed by atoms with Crippen LogP contribution in [0.5, 0.6) is 0 Å². The standard InChI is InChI=1S/C12H19N3O2/c1-3-17-12(16)14-6-4-5-11(9-14)15-8-10(2)7-13-15/h7-8,11H,3-6,9H2,1-2H3. The molecule has 0 aliphatic carbocycles. The van der Waals surface area contributed by atoms with Gasteiger partial charge in [-0.2, -0.15) is 5.10 Å². The first kappa shape index (κ1) is 12.0. The normalized spacial score (nSPS) is 20.4. The van der Waals surface area contributed by atoms with E-state index in [9.17, 15) is 4.79 Å².